The van der Waals surface area contributed by atoms with E-state index < -0.39 is 0 Å². The van der Waals surface area contributed by atoms with Crippen molar-refractivity contribution in [2.75, 3.05) is 13.2 Å². The van der Waals surface area contributed by atoms with E-state index in [0.717, 1.165) is 31.1 Å². The molecule has 0 saturated carbocycles. The molecule has 2 aliphatic heterocycles. The molecule has 0 bridgehead atoms. The van der Waals surface area contributed by atoms with Gasteiger partial charge in [0.15, 0.2) is 0 Å². The predicted octanol–water partition coefficient (Wildman–Crippen LogP) is 2.84. The first-order valence-electron chi connectivity index (χ1n) is 7.10. The lowest BCUT2D eigenvalue weighted by Crippen LogP contribution is -2.21. The molecule has 0 spiro atoms. The third kappa shape index (κ3) is 2.04. The number of hydrogen-bond donors (Lipinski definition) is 1. The van der Waals surface area contributed by atoms with E-state index in [9.17, 15) is 0 Å². The minimum Gasteiger partial charge on any atom is -0.493 e. The van der Waals surface area contributed by atoms with E-state index in [1.54, 1.807) is 0 Å². The lowest BCUT2D eigenvalue weighted by molar-refractivity contribution is 0.310. The van der Waals surface area contributed by atoms with Gasteiger partial charge in [-0.1, -0.05) is 30.3 Å². The van der Waals surface area contributed by atoms with Gasteiger partial charge in [-0.3, -0.25) is 0 Å². The molecular formula is C17H17NO2. The van der Waals surface area contributed by atoms with E-state index in [-0.39, 0.29) is 6.04 Å². The lowest BCUT2D eigenvalue weighted by atomic mass is 10.1. The zero-order valence-electron chi connectivity index (χ0n) is 11.3. The molecule has 2 heterocycles. The van der Waals surface area contributed by atoms with Crippen molar-refractivity contribution in [1.82, 2.24) is 5.32 Å². The fourth-order valence-corrected chi connectivity index (χ4v) is 2.92. The van der Waals surface area contributed by atoms with E-state index in [0.29, 0.717) is 6.61 Å². The maximum atomic E-state index is 5.69. The van der Waals surface area contributed by atoms with Crippen molar-refractivity contribution in [3.05, 3.63) is 59.2 Å². The molecule has 3 heteroatoms. The van der Waals surface area contributed by atoms with E-state index in [1.165, 1.54) is 16.7 Å². The summed E-state index contributed by atoms with van der Waals surface area (Å²) in [6.45, 7) is 2.39. The van der Waals surface area contributed by atoms with Gasteiger partial charge in [0.05, 0.1) is 12.6 Å². The molecule has 1 N–H and O–H groups in total. The second-order valence-electron chi connectivity index (χ2n) is 5.32. The highest BCUT2D eigenvalue weighted by Crippen LogP contribution is 2.32. The molecule has 1 unspecified atom stereocenters. The van der Waals surface area contributed by atoms with Gasteiger partial charge in [-0.05, 0) is 23.3 Å². The minimum atomic E-state index is 0.288. The highest BCUT2D eigenvalue weighted by molar-refractivity contribution is 5.41. The molecule has 4 rings (SSSR count). The Morgan fingerprint density at radius 3 is 3.00 bits per heavy atom. The molecule has 3 nitrogen and oxygen atoms in total. The molecule has 0 radical (unpaired) electrons. The van der Waals surface area contributed by atoms with E-state index in [2.05, 4.69) is 35.6 Å². The van der Waals surface area contributed by atoms with Crippen molar-refractivity contribution in [1.29, 1.82) is 0 Å². The molecular weight excluding hydrogens is 250 g/mol. The number of para-hydroxylation sites is 1. The Balaban J connectivity index is 1.46. The van der Waals surface area contributed by atoms with Crippen molar-refractivity contribution in [3.63, 3.8) is 0 Å². The summed E-state index contributed by atoms with van der Waals surface area (Å²) in [5, 5.41) is 3.58. The quantitative estimate of drug-likeness (QED) is 0.927. The smallest absolute Gasteiger partial charge is 0.124 e. The van der Waals surface area contributed by atoms with Crippen LogP contribution >= 0.6 is 0 Å². The molecule has 0 saturated heterocycles. The van der Waals surface area contributed by atoms with Crippen LogP contribution in [0.4, 0.5) is 0 Å². The largest absolute Gasteiger partial charge is 0.493 e. The first kappa shape index (κ1) is 11.8. The minimum absolute atomic E-state index is 0.288. The van der Waals surface area contributed by atoms with Crippen LogP contribution in [0.3, 0.4) is 0 Å². The topological polar surface area (TPSA) is 30.5 Å². The van der Waals surface area contributed by atoms with Crippen LogP contribution in [0.1, 0.15) is 22.7 Å². The van der Waals surface area contributed by atoms with Gasteiger partial charge in [0, 0.05) is 18.5 Å². The number of ether oxygens (including phenoxy) is 2. The van der Waals surface area contributed by atoms with E-state index in [4.69, 9.17) is 9.47 Å². The average Bonchev–Trinajstić information content (AvgIpc) is 3.11. The summed E-state index contributed by atoms with van der Waals surface area (Å²) < 4.78 is 11.2. The molecule has 2 aromatic rings. The third-order valence-electron chi connectivity index (χ3n) is 4.01. The van der Waals surface area contributed by atoms with Gasteiger partial charge in [0.25, 0.3) is 0 Å². The van der Waals surface area contributed by atoms with Gasteiger partial charge >= 0.3 is 0 Å². The summed E-state index contributed by atoms with van der Waals surface area (Å²) in [4.78, 5) is 0. The van der Waals surface area contributed by atoms with Crippen molar-refractivity contribution < 1.29 is 9.47 Å². The Morgan fingerprint density at radius 2 is 2.00 bits per heavy atom. The van der Waals surface area contributed by atoms with Crippen LogP contribution in [0.15, 0.2) is 42.5 Å². The zero-order chi connectivity index (χ0) is 13.4. The second-order valence-corrected chi connectivity index (χ2v) is 5.32. The number of benzene rings is 2. The molecule has 102 valence electrons. The van der Waals surface area contributed by atoms with Crippen LogP contribution < -0.4 is 14.8 Å². The van der Waals surface area contributed by atoms with Crippen LogP contribution in [-0.2, 0) is 13.0 Å². The summed E-state index contributed by atoms with van der Waals surface area (Å²) in [7, 11) is 0. The zero-order valence-corrected chi connectivity index (χ0v) is 11.3. The standard InChI is InChI=1S/C17H17NO2/c1-2-4-17-14(3-1)15(11-20-17)18-10-12-5-6-16-13(9-12)7-8-19-16/h1-6,9,15,18H,7-8,10-11H2. The van der Waals surface area contributed by atoms with Gasteiger partial charge < -0.3 is 14.8 Å². The van der Waals surface area contributed by atoms with Crippen LogP contribution in [-0.4, -0.2) is 13.2 Å². The van der Waals surface area contributed by atoms with Crippen LogP contribution in [0.25, 0.3) is 0 Å². The van der Waals surface area contributed by atoms with Crippen molar-refractivity contribution >= 4 is 0 Å². The van der Waals surface area contributed by atoms with E-state index in [1.807, 2.05) is 12.1 Å². The second kappa shape index (κ2) is 4.84. The first-order valence-corrected chi connectivity index (χ1v) is 7.10. The average molecular weight is 267 g/mol. The number of nitrogens with one attached hydrogen (secondary N) is 1. The highest BCUT2D eigenvalue weighted by atomic mass is 16.5. The Morgan fingerprint density at radius 1 is 1.05 bits per heavy atom. The van der Waals surface area contributed by atoms with Crippen LogP contribution in [0, 0.1) is 0 Å². The van der Waals surface area contributed by atoms with Gasteiger partial charge in [-0.2, -0.15) is 0 Å². The summed E-state index contributed by atoms with van der Waals surface area (Å²) in [5.74, 6) is 2.05. The monoisotopic (exact) mass is 267 g/mol. The first-order chi connectivity index (χ1) is 9.90. The number of fused-ring (bicyclic) bond motifs is 2. The molecule has 0 aliphatic carbocycles. The molecule has 1 atom stereocenters. The molecule has 2 aromatic carbocycles. The Kier molecular flexibility index (Phi) is 2.85. The number of rotatable bonds is 3. The van der Waals surface area contributed by atoms with Gasteiger partial charge in [-0.15, -0.1) is 0 Å². The maximum Gasteiger partial charge on any atom is 0.124 e. The van der Waals surface area contributed by atoms with Crippen molar-refractivity contribution in [2.24, 2.45) is 0 Å². The Labute approximate surface area is 118 Å². The summed E-state index contributed by atoms with van der Waals surface area (Å²) in [6.07, 6.45) is 1.03. The van der Waals surface area contributed by atoms with Crippen LogP contribution in [0.5, 0.6) is 11.5 Å². The fraction of sp³-hybridized carbons (Fsp3) is 0.294. The maximum absolute atomic E-state index is 5.69. The normalized spacial score (nSPS) is 19.1. The Bertz CT molecular complexity index is 639. The lowest BCUT2D eigenvalue weighted by Gasteiger charge is -2.12. The molecule has 0 amide bonds. The number of hydrogen-bond acceptors (Lipinski definition) is 3. The van der Waals surface area contributed by atoms with Gasteiger partial charge in [0.2, 0.25) is 0 Å². The summed E-state index contributed by atoms with van der Waals surface area (Å²) in [6, 6.07) is 15.0. The van der Waals surface area contributed by atoms with Crippen LogP contribution in [0.2, 0.25) is 0 Å². The van der Waals surface area contributed by atoms with Crippen molar-refractivity contribution in [3.8, 4) is 11.5 Å². The fourth-order valence-electron chi connectivity index (χ4n) is 2.92. The predicted molar refractivity (Wildman–Crippen MR) is 77.2 cm³/mol. The Hall–Kier alpha value is -2.00. The van der Waals surface area contributed by atoms with Crippen molar-refractivity contribution in [2.45, 2.75) is 19.0 Å². The summed E-state index contributed by atoms with van der Waals surface area (Å²) in [5.41, 5.74) is 3.89. The SMILES string of the molecule is c1ccc2c(c1)OCC2NCc1ccc2c(c1)CCO2. The van der Waals surface area contributed by atoms with Gasteiger partial charge in [-0.25, -0.2) is 0 Å². The molecule has 2 aliphatic rings. The molecule has 0 fully saturated rings. The summed E-state index contributed by atoms with van der Waals surface area (Å²) >= 11 is 0. The molecule has 20 heavy (non-hydrogen) atoms. The molecule has 0 aromatic heterocycles. The van der Waals surface area contributed by atoms with Gasteiger partial charge in [0.1, 0.15) is 18.1 Å². The highest BCUT2D eigenvalue weighted by Gasteiger charge is 2.23. The van der Waals surface area contributed by atoms with E-state index >= 15 is 0 Å². The third-order valence-corrected chi connectivity index (χ3v) is 4.01.